The summed E-state index contributed by atoms with van der Waals surface area (Å²) >= 11 is 0. The van der Waals surface area contributed by atoms with Crippen LogP contribution < -0.4 is 4.74 Å². The van der Waals surface area contributed by atoms with Crippen molar-refractivity contribution in [2.45, 2.75) is 41.4 Å². The third-order valence-electron chi connectivity index (χ3n) is 6.46. The van der Waals surface area contributed by atoms with Crippen molar-refractivity contribution in [1.29, 1.82) is 0 Å². The fraction of sp³-hybridized carbons (Fsp3) is 0.480. The Morgan fingerprint density at radius 2 is 1.21 bits per heavy atom. The maximum absolute atomic E-state index is 13.2. The second kappa shape index (κ2) is 11.3. The Balaban J connectivity index is 1.50. The van der Waals surface area contributed by atoms with Crippen LogP contribution in [0.4, 0.5) is 0 Å². The van der Waals surface area contributed by atoms with Gasteiger partial charge >= 0.3 is 0 Å². The summed E-state index contributed by atoms with van der Waals surface area (Å²) in [5.41, 5.74) is -0.675. The molecule has 0 bridgehead atoms. The summed E-state index contributed by atoms with van der Waals surface area (Å²) in [5, 5.41) is 0. The molecular weight excluding hydrogens is 552 g/mol. The van der Waals surface area contributed by atoms with Gasteiger partial charge in [-0.25, -0.2) is 25.3 Å². The minimum Gasteiger partial charge on any atom is -0.494 e. The molecular formula is C25H34N2O8S3. The average molecular weight is 587 g/mol. The maximum atomic E-state index is 13.2. The number of amides is 1. The Bertz CT molecular complexity index is 1460. The molecule has 1 aliphatic heterocycles. The highest BCUT2D eigenvalue weighted by atomic mass is 32.2. The van der Waals surface area contributed by atoms with Gasteiger partial charge in [-0.15, -0.1) is 0 Å². The van der Waals surface area contributed by atoms with Crippen LogP contribution in [0.5, 0.6) is 5.75 Å². The van der Waals surface area contributed by atoms with Crippen molar-refractivity contribution in [2.75, 3.05) is 45.3 Å². The van der Waals surface area contributed by atoms with Crippen LogP contribution in [0, 0.1) is 5.41 Å². The zero-order chi connectivity index (χ0) is 28.4. The number of benzene rings is 2. The SMILES string of the molecule is CC(C)(CCCOc1ccc(S(C)(=O)=O)cc1)C(=O)N1CCN(S(=O)(=O)c2ccc(S(C)(=O)=O)cc2)CC1. The summed E-state index contributed by atoms with van der Waals surface area (Å²) in [7, 11) is -10.5. The predicted octanol–water partition coefficient (Wildman–Crippen LogP) is 2.21. The third-order valence-corrected chi connectivity index (χ3v) is 10.6. The first-order valence-electron chi connectivity index (χ1n) is 12.0. The van der Waals surface area contributed by atoms with E-state index < -0.39 is 35.1 Å². The number of hydrogen-bond acceptors (Lipinski definition) is 8. The topological polar surface area (TPSA) is 135 Å². The summed E-state index contributed by atoms with van der Waals surface area (Å²) in [5.74, 6) is 0.481. The minimum absolute atomic E-state index is 0.0102. The molecule has 10 nitrogen and oxygen atoms in total. The second-order valence-corrected chi connectivity index (χ2v) is 16.0. The molecule has 1 saturated heterocycles. The monoisotopic (exact) mass is 586 g/mol. The van der Waals surface area contributed by atoms with E-state index in [1.807, 2.05) is 13.8 Å². The fourth-order valence-electron chi connectivity index (χ4n) is 4.16. The Hall–Kier alpha value is -2.48. The second-order valence-electron chi connectivity index (χ2n) is 10.0. The molecule has 0 spiro atoms. The molecule has 1 aliphatic rings. The van der Waals surface area contributed by atoms with Crippen molar-refractivity contribution >= 4 is 35.6 Å². The molecule has 13 heteroatoms. The Labute approximate surface area is 225 Å². The molecule has 0 radical (unpaired) electrons. The van der Waals surface area contributed by atoms with Gasteiger partial charge in [0.05, 0.1) is 21.3 Å². The van der Waals surface area contributed by atoms with E-state index >= 15 is 0 Å². The number of sulfonamides is 1. The van der Waals surface area contributed by atoms with Crippen LogP contribution in [-0.4, -0.2) is 85.7 Å². The summed E-state index contributed by atoms with van der Waals surface area (Å²) in [6.07, 6.45) is 3.35. The molecule has 0 unspecified atom stereocenters. The van der Waals surface area contributed by atoms with E-state index in [1.165, 1.54) is 40.7 Å². The van der Waals surface area contributed by atoms with Gasteiger partial charge in [-0.3, -0.25) is 4.79 Å². The average Bonchev–Trinajstić information content (AvgIpc) is 2.85. The van der Waals surface area contributed by atoms with E-state index in [4.69, 9.17) is 4.74 Å². The summed E-state index contributed by atoms with van der Waals surface area (Å²) in [6.45, 7) is 4.86. The Morgan fingerprint density at radius 1 is 0.763 bits per heavy atom. The zero-order valence-corrected chi connectivity index (χ0v) is 24.4. The van der Waals surface area contributed by atoms with Crippen LogP contribution in [0.15, 0.2) is 63.2 Å². The lowest BCUT2D eigenvalue weighted by Crippen LogP contribution is -2.53. The molecule has 1 heterocycles. The Kier molecular flexibility index (Phi) is 8.96. The van der Waals surface area contributed by atoms with Crippen molar-refractivity contribution in [3.8, 4) is 5.75 Å². The lowest BCUT2D eigenvalue weighted by molar-refractivity contribution is -0.142. The van der Waals surface area contributed by atoms with E-state index in [9.17, 15) is 30.0 Å². The lowest BCUT2D eigenvalue weighted by atomic mass is 9.86. The van der Waals surface area contributed by atoms with E-state index in [1.54, 1.807) is 17.0 Å². The molecule has 2 aromatic rings. The largest absolute Gasteiger partial charge is 0.494 e. The fourth-order valence-corrected chi connectivity index (χ4v) is 6.84. The van der Waals surface area contributed by atoms with Crippen molar-refractivity contribution in [2.24, 2.45) is 5.41 Å². The predicted molar refractivity (Wildman–Crippen MR) is 143 cm³/mol. The van der Waals surface area contributed by atoms with Gasteiger partial charge in [0.1, 0.15) is 5.75 Å². The highest BCUT2D eigenvalue weighted by Gasteiger charge is 2.36. The minimum atomic E-state index is -3.81. The van der Waals surface area contributed by atoms with Crippen molar-refractivity contribution in [3.05, 3.63) is 48.5 Å². The molecule has 210 valence electrons. The van der Waals surface area contributed by atoms with Gasteiger partial charge in [0.15, 0.2) is 19.7 Å². The zero-order valence-electron chi connectivity index (χ0n) is 22.0. The van der Waals surface area contributed by atoms with Crippen LogP contribution in [0.3, 0.4) is 0 Å². The maximum Gasteiger partial charge on any atom is 0.243 e. The van der Waals surface area contributed by atoms with E-state index in [2.05, 4.69) is 0 Å². The van der Waals surface area contributed by atoms with Crippen molar-refractivity contribution in [1.82, 2.24) is 9.21 Å². The first-order chi connectivity index (χ1) is 17.5. The van der Waals surface area contributed by atoms with Gasteiger partial charge in [-0.05, 0) is 61.4 Å². The summed E-state index contributed by atoms with van der Waals surface area (Å²) in [4.78, 5) is 15.1. The number of nitrogens with zero attached hydrogens (tertiary/aromatic N) is 2. The van der Waals surface area contributed by atoms with Gasteiger partial charge in [0.25, 0.3) is 0 Å². The molecule has 1 amide bonds. The number of sulfone groups is 2. The highest BCUT2D eigenvalue weighted by molar-refractivity contribution is 7.91. The van der Waals surface area contributed by atoms with Crippen LogP contribution in [-0.2, 0) is 34.5 Å². The smallest absolute Gasteiger partial charge is 0.243 e. The van der Waals surface area contributed by atoms with Gasteiger partial charge in [0, 0.05) is 44.1 Å². The molecule has 0 saturated carbocycles. The standard InChI is InChI=1S/C25H34N2O8S3/c1-25(2,14-5-19-35-20-6-8-21(9-7-20)36(3,29)30)24(28)26-15-17-27(18-16-26)38(33,34)23-12-10-22(11-13-23)37(4,31)32/h6-13H,5,14-19H2,1-4H3. The number of carbonyl (C=O) groups is 1. The summed E-state index contributed by atoms with van der Waals surface area (Å²) in [6, 6.07) is 11.3. The highest BCUT2D eigenvalue weighted by Crippen LogP contribution is 2.28. The van der Waals surface area contributed by atoms with Crippen LogP contribution in [0.1, 0.15) is 26.7 Å². The molecule has 1 fully saturated rings. The van der Waals surface area contributed by atoms with Gasteiger partial charge in [-0.2, -0.15) is 4.31 Å². The quantitative estimate of drug-likeness (QED) is 0.387. The molecule has 2 aromatic carbocycles. The van der Waals surface area contributed by atoms with Crippen LogP contribution in [0.2, 0.25) is 0 Å². The number of piperazine rings is 1. The summed E-state index contributed by atoms with van der Waals surface area (Å²) < 4.78 is 79.4. The van der Waals surface area contributed by atoms with Gasteiger partial charge in [0.2, 0.25) is 15.9 Å². The van der Waals surface area contributed by atoms with Crippen LogP contribution in [0.25, 0.3) is 0 Å². The molecule has 0 aliphatic carbocycles. The first-order valence-corrected chi connectivity index (χ1v) is 17.3. The van der Waals surface area contributed by atoms with E-state index in [-0.39, 0.29) is 46.8 Å². The Morgan fingerprint density at radius 3 is 1.68 bits per heavy atom. The number of rotatable bonds is 10. The van der Waals surface area contributed by atoms with Crippen molar-refractivity contribution < 1.29 is 34.8 Å². The van der Waals surface area contributed by atoms with Crippen LogP contribution >= 0.6 is 0 Å². The molecule has 0 atom stereocenters. The number of ether oxygens (including phenoxy) is 1. The normalized spacial score (nSPS) is 15.8. The number of carbonyl (C=O) groups excluding carboxylic acids is 1. The molecule has 3 rings (SSSR count). The molecule has 38 heavy (non-hydrogen) atoms. The lowest BCUT2D eigenvalue weighted by Gasteiger charge is -2.38. The van der Waals surface area contributed by atoms with Crippen molar-refractivity contribution in [3.63, 3.8) is 0 Å². The van der Waals surface area contributed by atoms with Gasteiger partial charge < -0.3 is 9.64 Å². The first kappa shape index (κ1) is 30.1. The molecule has 0 N–H and O–H groups in total. The van der Waals surface area contributed by atoms with E-state index in [0.29, 0.717) is 25.2 Å². The van der Waals surface area contributed by atoms with E-state index in [0.717, 1.165) is 12.5 Å². The van der Waals surface area contributed by atoms with Gasteiger partial charge in [-0.1, -0.05) is 13.8 Å². The number of hydrogen-bond donors (Lipinski definition) is 0. The third kappa shape index (κ3) is 7.33. The molecule has 0 aromatic heterocycles.